The minimum Gasteiger partial charge on any atom is -0.289 e. The molecule has 0 aliphatic rings. The number of hydroxylamine groups is 1. The van der Waals surface area contributed by atoms with Gasteiger partial charge >= 0.3 is 6.18 Å². The van der Waals surface area contributed by atoms with Crippen LogP contribution in [-0.4, -0.2) is 46.7 Å². The lowest BCUT2D eigenvalue weighted by atomic mass is 10.2. The average molecular weight is 454 g/mol. The fraction of sp³-hybridized carbons (Fsp3) is 0.500. The van der Waals surface area contributed by atoms with E-state index in [1.54, 1.807) is 0 Å². The zero-order valence-corrected chi connectivity index (χ0v) is 17.4. The van der Waals surface area contributed by atoms with E-state index < -0.39 is 34.3 Å². The van der Waals surface area contributed by atoms with Crippen LogP contribution in [0.4, 0.5) is 13.2 Å². The van der Waals surface area contributed by atoms with Gasteiger partial charge in [0.2, 0.25) is 0 Å². The topological polar surface area (TPSA) is 105 Å². The largest absolute Gasteiger partial charge is 0.433 e. The van der Waals surface area contributed by atoms with E-state index in [1.165, 1.54) is 17.6 Å². The van der Waals surface area contributed by atoms with Crippen LogP contribution >= 0.6 is 11.3 Å². The second-order valence-electron chi connectivity index (χ2n) is 6.24. The summed E-state index contributed by atoms with van der Waals surface area (Å²) in [5.41, 5.74) is 0.447. The highest BCUT2D eigenvalue weighted by molar-refractivity contribution is 7.91. The van der Waals surface area contributed by atoms with E-state index in [2.05, 4.69) is 5.10 Å². The molecule has 2 rings (SSSR count). The molecule has 0 aliphatic heterocycles. The minimum atomic E-state index is -4.58. The van der Waals surface area contributed by atoms with E-state index in [0.717, 1.165) is 41.6 Å². The summed E-state index contributed by atoms with van der Waals surface area (Å²) in [5, 5.41) is 12.5. The Morgan fingerprint density at radius 1 is 1.34 bits per heavy atom. The number of hydrogen-bond donors (Lipinski definition) is 2. The van der Waals surface area contributed by atoms with Gasteiger partial charge in [-0.1, -0.05) is 19.8 Å². The number of aromatic nitrogens is 2. The number of aryl methyl sites for hydroxylation is 1. The van der Waals surface area contributed by atoms with Crippen molar-refractivity contribution < 1.29 is 31.6 Å². The van der Waals surface area contributed by atoms with Crippen molar-refractivity contribution in [2.75, 3.05) is 13.1 Å². The molecular weight excluding hydrogens is 433 g/mol. The Labute approximate surface area is 169 Å². The van der Waals surface area contributed by atoms with E-state index in [-0.39, 0.29) is 21.3 Å². The molecule has 0 saturated heterocycles. The number of unbranched alkanes of at least 4 members (excludes halogenated alkanes) is 2. The van der Waals surface area contributed by atoms with E-state index >= 15 is 0 Å². The summed E-state index contributed by atoms with van der Waals surface area (Å²) in [6.07, 6.45) is -2.48. The number of nitrogens with one attached hydrogen (secondary N) is 1. The van der Waals surface area contributed by atoms with Crippen LogP contribution in [0.25, 0.3) is 10.6 Å². The number of amides is 1. The maximum absolute atomic E-state index is 13.0. The molecule has 0 saturated carbocycles. The Morgan fingerprint density at radius 3 is 2.59 bits per heavy atom. The molecule has 8 nitrogen and oxygen atoms in total. The maximum Gasteiger partial charge on any atom is 0.433 e. The van der Waals surface area contributed by atoms with Crippen LogP contribution in [0.2, 0.25) is 0 Å². The maximum atomic E-state index is 13.0. The van der Waals surface area contributed by atoms with E-state index in [1.807, 2.05) is 6.92 Å². The first-order valence-corrected chi connectivity index (χ1v) is 10.9. The molecule has 162 valence electrons. The van der Waals surface area contributed by atoms with Gasteiger partial charge in [0.1, 0.15) is 15.6 Å². The van der Waals surface area contributed by atoms with Gasteiger partial charge < -0.3 is 0 Å². The summed E-state index contributed by atoms with van der Waals surface area (Å²) < 4.78 is 66.2. The zero-order chi connectivity index (χ0) is 21.8. The van der Waals surface area contributed by atoms with Gasteiger partial charge in [0, 0.05) is 13.6 Å². The Morgan fingerprint density at radius 2 is 2.03 bits per heavy atom. The number of thiophene rings is 1. The fourth-order valence-corrected chi connectivity index (χ4v) is 5.45. The normalized spacial score (nSPS) is 12.5. The number of rotatable bonds is 9. The summed E-state index contributed by atoms with van der Waals surface area (Å²) >= 11 is 0.761. The lowest BCUT2D eigenvalue weighted by Gasteiger charge is -2.20. The molecule has 13 heteroatoms. The molecule has 0 radical (unpaired) electrons. The van der Waals surface area contributed by atoms with Crippen LogP contribution in [0.5, 0.6) is 0 Å². The lowest BCUT2D eigenvalue weighted by Crippen LogP contribution is -2.40. The van der Waals surface area contributed by atoms with Crippen molar-refractivity contribution >= 4 is 27.3 Å². The highest BCUT2D eigenvalue weighted by atomic mass is 32.2. The van der Waals surface area contributed by atoms with Gasteiger partial charge in [-0.25, -0.2) is 13.9 Å². The second kappa shape index (κ2) is 9.24. The number of carbonyl (C=O) groups excluding carboxylic acids is 1. The molecule has 2 aromatic rings. The molecule has 2 aromatic heterocycles. The zero-order valence-electron chi connectivity index (χ0n) is 15.7. The van der Waals surface area contributed by atoms with Gasteiger partial charge in [-0.2, -0.15) is 22.6 Å². The van der Waals surface area contributed by atoms with Crippen LogP contribution in [0.1, 0.15) is 31.9 Å². The Bertz CT molecular complexity index is 954. The van der Waals surface area contributed by atoms with Crippen molar-refractivity contribution in [2.24, 2.45) is 7.05 Å². The second-order valence-corrected chi connectivity index (χ2v) is 9.48. The molecule has 0 aliphatic carbocycles. The van der Waals surface area contributed by atoms with Crippen molar-refractivity contribution in [1.82, 2.24) is 19.6 Å². The van der Waals surface area contributed by atoms with Gasteiger partial charge in [-0.3, -0.25) is 14.7 Å². The van der Waals surface area contributed by atoms with Crippen molar-refractivity contribution in [1.29, 1.82) is 0 Å². The Balaban J connectivity index is 2.33. The van der Waals surface area contributed by atoms with Crippen LogP contribution in [0.3, 0.4) is 0 Å². The van der Waals surface area contributed by atoms with Crippen molar-refractivity contribution in [3.63, 3.8) is 0 Å². The molecule has 2 N–H and O–H groups in total. The number of halogens is 3. The monoisotopic (exact) mass is 454 g/mol. The molecule has 2 heterocycles. The standard InChI is InChI=1S/C16H21F3N4O4S2/c1-3-4-5-8-23(10-14(24)21-25)29(26,27)15-7-6-12(28-15)11-9-13(16(17,18)19)22(2)20-11/h6-7,9,25H,3-5,8,10H2,1-2H3,(H,21,24). The van der Waals surface area contributed by atoms with Gasteiger partial charge in [0.15, 0.2) is 0 Å². The molecule has 0 atom stereocenters. The molecule has 0 fully saturated rings. The summed E-state index contributed by atoms with van der Waals surface area (Å²) in [7, 11) is -2.93. The summed E-state index contributed by atoms with van der Waals surface area (Å²) in [6, 6.07) is 3.48. The third-order valence-corrected chi connectivity index (χ3v) is 7.47. The Kier molecular flexibility index (Phi) is 7.43. The third kappa shape index (κ3) is 5.56. The predicted octanol–water partition coefficient (Wildman–Crippen LogP) is 2.85. The van der Waals surface area contributed by atoms with Crippen LogP contribution in [-0.2, 0) is 28.0 Å². The minimum absolute atomic E-state index is 0.00286. The van der Waals surface area contributed by atoms with E-state index in [0.29, 0.717) is 11.1 Å². The van der Waals surface area contributed by atoms with E-state index in [4.69, 9.17) is 5.21 Å². The molecule has 1 amide bonds. The molecule has 0 spiro atoms. The first-order valence-electron chi connectivity index (χ1n) is 8.65. The molecule has 0 aromatic carbocycles. The first kappa shape index (κ1) is 23.3. The van der Waals surface area contributed by atoms with Crippen LogP contribution in [0, 0.1) is 0 Å². The third-order valence-electron chi connectivity index (χ3n) is 4.05. The summed E-state index contributed by atoms with van der Waals surface area (Å²) in [6.45, 7) is 1.43. The van der Waals surface area contributed by atoms with Crippen molar-refractivity contribution in [3.8, 4) is 10.6 Å². The van der Waals surface area contributed by atoms with Crippen LogP contribution < -0.4 is 5.48 Å². The first-order chi connectivity index (χ1) is 13.5. The quantitative estimate of drug-likeness (QED) is 0.344. The summed E-state index contributed by atoms with van der Waals surface area (Å²) in [5.74, 6) is -0.888. The van der Waals surface area contributed by atoms with Crippen LogP contribution in [0.15, 0.2) is 22.4 Å². The van der Waals surface area contributed by atoms with E-state index in [9.17, 15) is 26.4 Å². The van der Waals surface area contributed by atoms with Gasteiger partial charge in [0.05, 0.1) is 11.4 Å². The number of sulfonamides is 1. The molecule has 0 bridgehead atoms. The van der Waals surface area contributed by atoms with Gasteiger partial charge in [-0.15, -0.1) is 11.3 Å². The fourth-order valence-electron chi connectivity index (χ4n) is 2.59. The number of carbonyl (C=O) groups is 1. The number of hydrogen-bond acceptors (Lipinski definition) is 6. The predicted molar refractivity (Wildman–Crippen MR) is 99.7 cm³/mol. The van der Waals surface area contributed by atoms with Gasteiger partial charge in [-0.05, 0) is 24.6 Å². The van der Waals surface area contributed by atoms with Crippen molar-refractivity contribution in [3.05, 3.63) is 23.9 Å². The number of nitrogens with zero attached hydrogens (tertiary/aromatic N) is 3. The smallest absolute Gasteiger partial charge is 0.289 e. The lowest BCUT2D eigenvalue weighted by molar-refractivity contribution is -0.143. The number of alkyl halides is 3. The Hall–Kier alpha value is -1.96. The van der Waals surface area contributed by atoms with Crippen molar-refractivity contribution in [2.45, 2.75) is 36.6 Å². The molecule has 29 heavy (non-hydrogen) atoms. The highest BCUT2D eigenvalue weighted by Gasteiger charge is 2.35. The molecular formula is C16H21F3N4O4S2. The molecule has 0 unspecified atom stereocenters. The average Bonchev–Trinajstić information content (AvgIpc) is 3.27. The SMILES string of the molecule is CCCCCN(CC(=O)NO)S(=O)(=O)c1ccc(-c2cc(C(F)(F)F)n(C)n2)s1. The highest BCUT2D eigenvalue weighted by Crippen LogP contribution is 2.35. The summed E-state index contributed by atoms with van der Waals surface area (Å²) in [4.78, 5) is 11.8. The van der Waals surface area contributed by atoms with Gasteiger partial charge in [0.25, 0.3) is 15.9 Å².